The van der Waals surface area contributed by atoms with E-state index < -0.39 is 0 Å². The lowest BCUT2D eigenvalue weighted by molar-refractivity contribution is -0.380. The first-order chi connectivity index (χ1) is 13.7. The topological polar surface area (TPSA) is 43.1 Å². The Morgan fingerprint density at radius 3 is 2.04 bits per heavy atom. The molecule has 0 aliphatic rings. The molecule has 3 nitrogen and oxygen atoms in total. The third-order valence-corrected chi connectivity index (χ3v) is 7.67. The van der Waals surface area contributed by atoms with Gasteiger partial charge in [-0.3, -0.25) is 10.1 Å². The van der Waals surface area contributed by atoms with E-state index in [-0.39, 0.29) is 9.92 Å². The molecule has 0 unspecified atom stereocenters. The van der Waals surface area contributed by atoms with Crippen molar-refractivity contribution in [3.05, 3.63) is 44.1 Å². The maximum atomic E-state index is 10.7. The van der Waals surface area contributed by atoms with Gasteiger partial charge in [0, 0.05) is 6.07 Å². The average molecular weight is 436 g/mol. The summed E-state index contributed by atoms with van der Waals surface area (Å²) in [5, 5.41) is 10.8. The van der Waals surface area contributed by atoms with Gasteiger partial charge in [-0.2, -0.15) is 0 Å². The monoisotopic (exact) mass is 435 g/mol. The molecular formula is C22H29NO2S3. The maximum absolute atomic E-state index is 10.7. The summed E-state index contributed by atoms with van der Waals surface area (Å²) >= 11 is 4.74. The van der Waals surface area contributed by atoms with Crippen molar-refractivity contribution in [3.8, 4) is 11.8 Å². The van der Waals surface area contributed by atoms with Crippen LogP contribution in [0.2, 0.25) is 0 Å². The van der Waals surface area contributed by atoms with Gasteiger partial charge in [0.1, 0.15) is 0 Å². The van der Waals surface area contributed by atoms with Crippen molar-refractivity contribution in [1.29, 1.82) is 0 Å². The van der Waals surface area contributed by atoms with Crippen molar-refractivity contribution in [2.24, 2.45) is 0 Å². The highest BCUT2D eigenvalue weighted by atomic mass is 32.2. The van der Waals surface area contributed by atoms with Crippen LogP contribution in [0.25, 0.3) is 0 Å². The number of thioether (sulfide) groups is 1. The Labute approximate surface area is 181 Å². The first kappa shape index (κ1) is 23.0. The average Bonchev–Trinajstić information content (AvgIpc) is 3.34. The normalized spacial score (nSPS) is 10.6. The van der Waals surface area contributed by atoms with Crippen molar-refractivity contribution >= 4 is 39.4 Å². The second-order valence-corrected chi connectivity index (χ2v) is 10.3. The van der Waals surface area contributed by atoms with Crippen molar-refractivity contribution in [1.82, 2.24) is 0 Å². The van der Waals surface area contributed by atoms with Crippen LogP contribution >= 0.6 is 34.4 Å². The lowest BCUT2D eigenvalue weighted by atomic mass is 10.1. The zero-order valence-corrected chi connectivity index (χ0v) is 19.0. The molecule has 0 radical (unpaired) electrons. The zero-order valence-electron chi connectivity index (χ0n) is 16.6. The van der Waals surface area contributed by atoms with Crippen LogP contribution in [-0.2, 0) is 0 Å². The fourth-order valence-corrected chi connectivity index (χ4v) is 5.58. The van der Waals surface area contributed by atoms with E-state index in [1.807, 2.05) is 17.8 Å². The number of hydrogen-bond donors (Lipinski definition) is 0. The van der Waals surface area contributed by atoms with Gasteiger partial charge in [-0.05, 0) is 42.2 Å². The fraction of sp³-hybridized carbons (Fsp3) is 0.545. The highest BCUT2D eigenvalue weighted by molar-refractivity contribution is 8.01. The summed E-state index contributed by atoms with van der Waals surface area (Å²) in [7, 11) is 0. The zero-order chi connectivity index (χ0) is 20.0. The van der Waals surface area contributed by atoms with Gasteiger partial charge in [-0.15, -0.1) is 23.1 Å². The summed E-state index contributed by atoms with van der Waals surface area (Å²) in [5.41, 5.74) is 0. The predicted octanol–water partition coefficient (Wildman–Crippen LogP) is 8.13. The Hall–Kier alpha value is -1.29. The fourth-order valence-electron chi connectivity index (χ4n) is 2.84. The van der Waals surface area contributed by atoms with Crippen LogP contribution in [0.5, 0.6) is 0 Å². The molecular weight excluding hydrogens is 406 g/mol. The van der Waals surface area contributed by atoms with Crippen LogP contribution in [0, 0.1) is 22.0 Å². The molecule has 0 fully saturated rings. The Balaban J connectivity index is 1.57. The molecule has 0 amide bonds. The number of thiophene rings is 2. The van der Waals surface area contributed by atoms with Gasteiger partial charge in [0.05, 0.1) is 18.9 Å². The Morgan fingerprint density at radius 1 is 0.857 bits per heavy atom. The number of rotatable bonds is 13. The first-order valence-corrected chi connectivity index (χ1v) is 12.8. The highest BCUT2D eigenvalue weighted by Gasteiger charge is 2.07. The Bertz CT molecular complexity index is 770. The van der Waals surface area contributed by atoms with E-state index >= 15 is 0 Å². The van der Waals surface area contributed by atoms with Crippen molar-refractivity contribution in [2.75, 3.05) is 5.75 Å². The number of unbranched alkanes of at least 4 members (excludes halogenated alkanes) is 9. The third kappa shape index (κ3) is 9.27. The van der Waals surface area contributed by atoms with Crippen LogP contribution in [0.3, 0.4) is 0 Å². The summed E-state index contributed by atoms with van der Waals surface area (Å²) in [4.78, 5) is 12.1. The van der Waals surface area contributed by atoms with Gasteiger partial charge in [-0.1, -0.05) is 76.0 Å². The lowest BCUT2D eigenvalue weighted by Gasteiger charge is -2.02. The number of hydrogen-bond acceptors (Lipinski definition) is 5. The van der Waals surface area contributed by atoms with Gasteiger partial charge < -0.3 is 0 Å². The van der Waals surface area contributed by atoms with E-state index in [9.17, 15) is 10.1 Å². The molecule has 0 saturated carbocycles. The molecule has 0 aliphatic carbocycles. The van der Waals surface area contributed by atoms with E-state index in [4.69, 9.17) is 0 Å². The summed E-state index contributed by atoms with van der Waals surface area (Å²) in [6.07, 6.45) is 13.7. The molecule has 2 heterocycles. The molecule has 152 valence electrons. The minimum atomic E-state index is -0.372. The molecule has 0 aromatic carbocycles. The molecule has 0 aliphatic heterocycles. The number of nitro groups is 1. The van der Waals surface area contributed by atoms with E-state index in [1.54, 1.807) is 17.4 Å². The molecule has 0 spiro atoms. The molecule has 0 bridgehead atoms. The van der Waals surface area contributed by atoms with E-state index in [0.717, 1.165) is 21.1 Å². The molecule has 2 aromatic heterocycles. The molecule has 0 saturated heterocycles. The summed E-state index contributed by atoms with van der Waals surface area (Å²) in [6.45, 7) is 2.27. The molecule has 2 aromatic rings. The van der Waals surface area contributed by atoms with Crippen LogP contribution in [0.4, 0.5) is 5.00 Å². The van der Waals surface area contributed by atoms with Crippen molar-refractivity contribution in [3.63, 3.8) is 0 Å². The van der Waals surface area contributed by atoms with Crippen LogP contribution < -0.4 is 0 Å². The van der Waals surface area contributed by atoms with Gasteiger partial charge in [0.25, 0.3) is 0 Å². The maximum Gasteiger partial charge on any atom is 0.325 e. The van der Waals surface area contributed by atoms with Crippen LogP contribution in [0.15, 0.2) is 28.5 Å². The van der Waals surface area contributed by atoms with Crippen LogP contribution in [-0.4, -0.2) is 10.7 Å². The van der Waals surface area contributed by atoms with Gasteiger partial charge in [-0.25, -0.2) is 0 Å². The lowest BCUT2D eigenvalue weighted by Crippen LogP contribution is -1.83. The first-order valence-electron chi connectivity index (χ1n) is 10.2. The van der Waals surface area contributed by atoms with Crippen molar-refractivity contribution < 1.29 is 4.92 Å². The van der Waals surface area contributed by atoms with Crippen LogP contribution in [0.1, 0.15) is 80.9 Å². The smallest absolute Gasteiger partial charge is 0.258 e. The third-order valence-electron chi connectivity index (χ3n) is 4.40. The van der Waals surface area contributed by atoms with E-state index in [2.05, 4.69) is 24.8 Å². The van der Waals surface area contributed by atoms with Gasteiger partial charge >= 0.3 is 5.00 Å². The summed E-state index contributed by atoms with van der Waals surface area (Å²) in [6, 6.07) is 7.40. The second kappa shape index (κ2) is 13.8. The minimum Gasteiger partial charge on any atom is -0.258 e. The molecule has 6 heteroatoms. The van der Waals surface area contributed by atoms with E-state index in [1.165, 1.54) is 80.2 Å². The molecule has 2 rings (SSSR count). The number of nitrogens with zero attached hydrogens (tertiary/aromatic N) is 1. The van der Waals surface area contributed by atoms with Gasteiger partial charge in [0.15, 0.2) is 0 Å². The predicted molar refractivity (Wildman–Crippen MR) is 124 cm³/mol. The quantitative estimate of drug-likeness (QED) is 0.105. The molecule has 0 N–H and O–H groups in total. The molecule has 0 atom stereocenters. The van der Waals surface area contributed by atoms with Gasteiger partial charge in [0.2, 0.25) is 0 Å². The summed E-state index contributed by atoms with van der Waals surface area (Å²) < 4.78 is 1.30. The molecule has 28 heavy (non-hydrogen) atoms. The largest absolute Gasteiger partial charge is 0.325 e. The Morgan fingerprint density at radius 2 is 1.43 bits per heavy atom. The summed E-state index contributed by atoms with van der Waals surface area (Å²) in [5.74, 6) is 7.31. The van der Waals surface area contributed by atoms with Crippen molar-refractivity contribution in [2.45, 2.75) is 75.3 Å². The Kier molecular flexibility index (Phi) is 11.3. The van der Waals surface area contributed by atoms with E-state index in [0.29, 0.717) is 0 Å². The highest BCUT2D eigenvalue weighted by Crippen LogP contribution is 2.28. The standard InChI is InChI=1S/C22H29NO2S3/c1-2-3-4-5-6-7-8-9-10-11-18-26-22-17-15-20(28-22)13-12-19-14-16-21(27-19)23(24)25/h14-17H,2-11,18H2,1H3. The minimum absolute atomic E-state index is 0.142. The SMILES string of the molecule is CCCCCCCCCCCCSc1ccc(C#Cc2ccc([N+](=O)[O-])s2)s1. The second-order valence-electron chi connectivity index (χ2n) is 6.79.